The third kappa shape index (κ3) is 3.10. The van der Waals surface area contributed by atoms with Gasteiger partial charge in [0, 0.05) is 10.6 Å². The van der Waals surface area contributed by atoms with Gasteiger partial charge >= 0.3 is 0 Å². The molecule has 15 heavy (non-hydrogen) atoms. The van der Waals surface area contributed by atoms with Crippen LogP contribution in [0.3, 0.4) is 0 Å². The van der Waals surface area contributed by atoms with E-state index in [1.807, 2.05) is 18.2 Å². The number of quaternary nitrogens is 1. The Bertz CT molecular complexity index is 332. The van der Waals surface area contributed by atoms with Crippen molar-refractivity contribution >= 4 is 23.2 Å². The minimum atomic E-state index is 0.713. The van der Waals surface area contributed by atoms with Gasteiger partial charge in [-0.25, -0.2) is 0 Å². The Balaban J connectivity index is 1.92. The van der Waals surface area contributed by atoms with E-state index in [1.54, 1.807) is 0 Å². The molecule has 2 rings (SSSR count). The summed E-state index contributed by atoms with van der Waals surface area (Å²) in [6.45, 7) is 0.973. The number of hydrogen-bond donors (Lipinski definition) is 1. The fraction of sp³-hybridized carbons (Fsp3) is 0.500. The number of nitrogens with two attached hydrogens (primary N) is 1. The summed E-state index contributed by atoms with van der Waals surface area (Å²) in [7, 11) is 0. The van der Waals surface area contributed by atoms with Crippen LogP contribution in [0.5, 0.6) is 0 Å². The Hall–Kier alpha value is -0.240. The lowest BCUT2D eigenvalue weighted by molar-refractivity contribution is -0.703. The molecule has 0 heterocycles. The average molecular weight is 245 g/mol. The summed E-state index contributed by atoms with van der Waals surface area (Å²) in [6, 6.07) is 6.55. The summed E-state index contributed by atoms with van der Waals surface area (Å²) in [5, 5.41) is 3.91. The molecule has 0 aromatic heterocycles. The minimum Gasteiger partial charge on any atom is -0.340 e. The molecule has 1 saturated carbocycles. The lowest BCUT2D eigenvalue weighted by atomic mass is 10.2. The zero-order valence-corrected chi connectivity index (χ0v) is 10.2. The smallest absolute Gasteiger partial charge is 0.103 e. The van der Waals surface area contributed by atoms with E-state index < -0.39 is 0 Å². The fourth-order valence-electron chi connectivity index (χ4n) is 2.17. The Morgan fingerprint density at radius 2 is 1.93 bits per heavy atom. The first kappa shape index (κ1) is 11.3. The van der Waals surface area contributed by atoms with Gasteiger partial charge in [0.05, 0.1) is 11.1 Å². The Kier molecular flexibility index (Phi) is 3.90. The summed E-state index contributed by atoms with van der Waals surface area (Å²) in [5.41, 5.74) is 1.19. The minimum absolute atomic E-state index is 0.713. The van der Waals surface area contributed by atoms with Gasteiger partial charge in [0.15, 0.2) is 0 Å². The number of rotatable bonds is 3. The van der Waals surface area contributed by atoms with Crippen LogP contribution in [0, 0.1) is 0 Å². The van der Waals surface area contributed by atoms with Gasteiger partial charge in [-0.3, -0.25) is 0 Å². The molecule has 0 atom stereocenters. The molecule has 82 valence electrons. The summed E-state index contributed by atoms with van der Waals surface area (Å²) in [6.07, 6.45) is 5.47. The Morgan fingerprint density at radius 1 is 1.20 bits per heavy atom. The van der Waals surface area contributed by atoms with Crippen molar-refractivity contribution in [2.75, 3.05) is 0 Å². The highest BCUT2D eigenvalue weighted by Gasteiger charge is 2.17. The Morgan fingerprint density at radius 3 is 2.60 bits per heavy atom. The topological polar surface area (TPSA) is 16.6 Å². The standard InChI is InChI=1S/C12H15Cl2N/c13-10-6-5-9(12(14)7-10)8-15-11-3-1-2-4-11/h5-7,11,15H,1-4,8H2/p+1. The molecule has 0 saturated heterocycles. The van der Waals surface area contributed by atoms with E-state index in [0.717, 1.165) is 17.6 Å². The number of hydrogen-bond acceptors (Lipinski definition) is 0. The third-order valence-electron chi connectivity index (χ3n) is 3.09. The zero-order valence-electron chi connectivity index (χ0n) is 8.68. The molecule has 0 bridgehead atoms. The second-order valence-corrected chi connectivity index (χ2v) is 5.06. The predicted molar refractivity (Wildman–Crippen MR) is 64.3 cm³/mol. The molecule has 1 aliphatic rings. The molecule has 3 heteroatoms. The monoisotopic (exact) mass is 244 g/mol. The van der Waals surface area contributed by atoms with Crippen molar-refractivity contribution in [3.8, 4) is 0 Å². The van der Waals surface area contributed by atoms with Gasteiger partial charge in [0.1, 0.15) is 6.54 Å². The predicted octanol–water partition coefficient (Wildman–Crippen LogP) is 3.00. The lowest BCUT2D eigenvalue weighted by Crippen LogP contribution is -2.87. The molecule has 2 N–H and O–H groups in total. The average Bonchev–Trinajstić information content (AvgIpc) is 2.69. The third-order valence-corrected chi connectivity index (χ3v) is 3.67. The van der Waals surface area contributed by atoms with E-state index in [4.69, 9.17) is 23.2 Å². The maximum atomic E-state index is 6.11. The van der Waals surface area contributed by atoms with Crippen molar-refractivity contribution in [2.45, 2.75) is 38.3 Å². The SMILES string of the molecule is Clc1ccc(C[NH2+]C2CCCC2)c(Cl)c1. The van der Waals surface area contributed by atoms with Crippen molar-refractivity contribution in [1.82, 2.24) is 0 Å². The highest BCUT2D eigenvalue weighted by atomic mass is 35.5. The number of benzene rings is 1. The van der Waals surface area contributed by atoms with Crippen LogP contribution in [0.2, 0.25) is 10.0 Å². The van der Waals surface area contributed by atoms with E-state index in [9.17, 15) is 0 Å². The first-order chi connectivity index (χ1) is 7.25. The van der Waals surface area contributed by atoms with E-state index in [0.29, 0.717) is 5.02 Å². The van der Waals surface area contributed by atoms with Crippen molar-refractivity contribution in [2.24, 2.45) is 0 Å². The normalized spacial score (nSPS) is 17.2. The first-order valence-electron chi connectivity index (χ1n) is 5.53. The quantitative estimate of drug-likeness (QED) is 0.843. The van der Waals surface area contributed by atoms with Crippen LogP contribution in [-0.4, -0.2) is 6.04 Å². The van der Waals surface area contributed by atoms with Crippen molar-refractivity contribution in [3.63, 3.8) is 0 Å². The molecular formula is C12H16Cl2N+. The molecule has 0 unspecified atom stereocenters. The van der Waals surface area contributed by atoms with Crippen molar-refractivity contribution in [1.29, 1.82) is 0 Å². The molecule has 1 fully saturated rings. The Labute approximate surface area is 101 Å². The van der Waals surface area contributed by atoms with Gasteiger partial charge in [0.2, 0.25) is 0 Å². The summed E-state index contributed by atoms with van der Waals surface area (Å²) in [5.74, 6) is 0. The molecule has 0 aliphatic heterocycles. The zero-order chi connectivity index (χ0) is 10.7. The molecule has 1 aliphatic carbocycles. The lowest BCUT2D eigenvalue weighted by Gasteiger charge is -2.09. The second kappa shape index (κ2) is 5.20. The maximum absolute atomic E-state index is 6.11. The van der Waals surface area contributed by atoms with Crippen LogP contribution in [0.1, 0.15) is 31.2 Å². The number of halogens is 2. The van der Waals surface area contributed by atoms with Gasteiger partial charge < -0.3 is 5.32 Å². The van der Waals surface area contributed by atoms with Gasteiger partial charge in [-0.05, 0) is 37.8 Å². The maximum Gasteiger partial charge on any atom is 0.103 e. The molecule has 1 nitrogen and oxygen atoms in total. The summed E-state index contributed by atoms with van der Waals surface area (Å²) < 4.78 is 0. The molecule has 1 aromatic rings. The van der Waals surface area contributed by atoms with Crippen LogP contribution in [0.4, 0.5) is 0 Å². The van der Waals surface area contributed by atoms with E-state index >= 15 is 0 Å². The molecule has 0 amide bonds. The van der Waals surface area contributed by atoms with Crippen LogP contribution < -0.4 is 5.32 Å². The van der Waals surface area contributed by atoms with Crippen LogP contribution in [-0.2, 0) is 6.54 Å². The first-order valence-corrected chi connectivity index (χ1v) is 6.28. The van der Waals surface area contributed by atoms with E-state index in [-0.39, 0.29) is 0 Å². The summed E-state index contributed by atoms with van der Waals surface area (Å²) >= 11 is 12.0. The van der Waals surface area contributed by atoms with Gasteiger partial charge in [-0.2, -0.15) is 0 Å². The van der Waals surface area contributed by atoms with E-state index in [2.05, 4.69) is 5.32 Å². The largest absolute Gasteiger partial charge is 0.340 e. The van der Waals surface area contributed by atoms with Gasteiger partial charge in [-0.1, -0.05) is 29.3 Å². The fourth-order valence-corrected chi connectivity index (χ4v) is 2.66. The van der Waals surface area contributed by atoms with Crippen LogP contribution in [0.25, 0.3) is 0 Å². The van der Waals surface area contributed by atoms with Gasteiger partial charge in [-0.15, -0.1) is 0 Å². The highest BCUT2D eigenvalue weighted by Crippen LogP contribution is 2.20. The summed E-state index contributed by atoms with van der Waals surface area (Å²) in [4.78, 5) is 0. The molecular weight excluding hydrogens is 229 g/mol. The molecule has 1 aromatic carbocycles. The van der Waals surface area contributed by atoms with Crippen LogP contribution in [0.15, 0.2) is 18.2 Å². The second-order valence-electron chi connectivity index (χ2n) is 4.22. The van der Waals surface area contributed by atoms with Crippen LogP contribution >= 0.6 is 23.2 Å². The van der Waals surface area contributed by atoms with Crippen molar-refractivity contribution < 1.29 is 5.32 Å². The highest BCUT2D eigenvalue weighted by molar-refractivity contribution is 6.35. The van der Waals surface area contributed by atoms with Crippen molar-refractivity contribution in [3.05, 3.63) is 33.8 Å². The molecule has 0 radical (unpaired) electrons. The van der Waals surface area contributed by atoms with Gasteiger partial charge in [0.25, 0.3) is 0 Å². The van der Waals surface area contributed by atoms with E-state index in [1.165, 1.54) is 31.2 Å². The molecule has 0 spiro atoms.